The SMILES string of the molecule is c1ccc(-c2cccc(-n3c4ccccc4c4cc(-c5ccncc5)c(-c5nc6ccccc6s5)cc43)c2)nc1. The molecule has 4 heterocycles. The normalized spacial score (nSPS) is 11.5. The van der Waals surface area contributed by atoms with Gasteiger partial charge in [-0.1, -0.05) is 48.5 Å². The van der Waals surface area contributed by atoms with Crippen molar-refractivity contribution in [3.63, 3.8) is 0 Å². The monoisotopic (exact) mass is 530 g/mol. The second-order valence-electron chi connectivity index (χ2n) is 9.76. The summed E-state index contributed by atoms with van der Waals surface area (Å²) in [5.41, 5.74) is 9.87. The minimum absolute atomic E-state index is 0.959. The molecule has 0 fully saturated rings. The second-order valence-corrected chi connectivity index (χ2v) is 10.8. The summed E-state index contributed by atoms with van der Waals surface area (Å²) in [5, 5.41) is 3.43. The summed E-state index contributed by atoms with van der Waals surface area (Å²) in [4.78, 5) is 13.9. The van der Waals surface area contributed by atoms with Crippen molar-refractivity contribution in [3.8, 4) is 38.6 Å². The van der Waals surface area contributed by atoms with Crippen LogP contribution in [-0.2, 0) is 0 Å². The highest BCUT2D eigenvalue weighted by Crippen LogP contribution is 2.42. The van der Waals surface area contributed by atoms with Crippen molar-refractivity contribution < 1.29 is 0 Å². The van der Waals surface area contributed by atoms with E-state index in [9.17, 15) is 0 Å². The van der Waals surface area contributed by atoms with E-state index in [0.717, 1.165) is 55.2 Å². The molecule has 8 rings (SSSR count). The van der Waals surface area contributed by atoms with Gasteiger partial charge in [0, 0.05) is 46.2 Å². The Labute approximate surface area is 234 Å². The first-order valence-corrected chi connectivity index (χ1v) is 14.0. The second kappa shape index (κ2) is 9.26. The van der Waals surface area contributed by atoms with Crippen molar-refractivity contribution in [2.24, 2.45) is 0 Å². The Bertz CT molecular complexity index is 2130. The van der Waals surface area contributed by atoms with Gasteiger partial charge >= 0.3 is 0 Å². The lowest BCUT2D eigenvalue weighted by atomic mass is 9.98. The summed E-state index contributed by atoms with van der Waals surface area (Å²) in [6.07, 6.45) is 5.55. The molecule has 4 aromatic carbocycles. The van der Waals surface area contributed by atoms with Gasteiger partial charge in [-0.15, -0.1) is 11.3 Å². The number of pyridine rings is 2. The number of benzene rings is 4. The molecule has 0 aliphatic heterocycles. The Hall–Kier alpha value is -5.13. The van der Waals surface area contributed by atoms with Gasteiger partial charge in [-0.2, -0.15) is 0 Å². The van der Waals surface area contributed by atoms with Crippen LogP contribution in [0.2, 0.25) is 0 Å². The van der Waals surface area contributed by atoms with E-state index in [1.807, 2.05) is 36.8 Å². The topological polar surface area (TPSA) is 43.6 Å². The van der Waals surface area contributed by atoms with Crippen LogP contribution in [0.15, 0.2) is 134 Å². The number of thiazole rings is 1. The quantitative estimate of drug-likeness (QED) is 0.228. The minimum Gasteiger partial charge on any atom is -0.309 e. The van der Waals surface area contributed by atoms with Crippen LogP contribution in [0.25, 0.3) is 70.7 Å². The summed E-state index contributed by atoms with van der Waals surface area (Å²) in [6.45, 7) is 0. The molecule has 8 aromatic rings. The lowest BCUT2D eigenvalue weighted by Crippen LogP contribution is -1.95. The third kappa shape index (κ3) is 3.71. The number of hydrogen-bond donors (Lipinski definition) is 0. The van der Waals surface area contributed by atoms with E-state index < -0.39 is 0 Å². The van der Waals surface area contributed by atoms with Crippen LogP contribution in [0, 0.1) is 0 Å². The van der Waals surface area contributed by atoms with E-state index in [1.165, 1.54) is 15.5 Å². The molecule has 0 unspecified atom stereocenters. The van der Waals surface area contributed by atoms with Gasteiger partial charge < -0.3 is 4.57 Å². The minimum atomic E-state index is 0.959. The van der Waals surface area contributed by atoms with Crippen LogP contribution >= 0.6 is 11.3 Å². The van der Waals surface area contributed by atoms with Gasteiger partial charge in [0.1, 0.15) is 5.01 Å². The molecule has 5 heteroatoms. The standard InChI is InChI=1S/C35H22N4S/c1-3-13-32-26(10-1)28-21-27(23-15-18-36-19-16-23)29(35-38-31-12-2-4-14-34(31)40-35)22-33(28)39(32)25-9-7-8-24(20-25)30-11-5-6-17-37-30/h1-22H. The first-order chi connectivity index (χ1) is 19.8. The predicted octanol–water partition coefficient (Wildman–Crippen LogP) is 9.18. The van der Waals surface area contributed by atoms with E-state index in [-0.39, 0.29) is 0 Å². The van der Waals surface area contributed by atoms with Crippen molar-refractivity contribution in [1.82, 2.24) is 19.5 Å². The number of aromatic nitrogens is 4. The zero-order valence-corrected chi connectivity index (χ0v) is 22.2. The summed E-state index contributed by atoms with van der Waals surface area (Å²) >= 11 is 1.73. The molecule has 0 atom stereocenters. The molecular weight excluding hydrogens is 508 g/mol. The Morgan fingerprint density at radius 2 is 1.43 bits per heavy atom. The van der Waals surface area contributed by atoms with Gasteiger partial charge in [-0.3, -0.25) is 9.97 Å². The van der Waals surface area contributed by atoms with Crippen molar-refractivity contribution in [2.45, 2.75) is 0 Å². The van der Waals surface area contributed by atoms with Crippen LogP contribution in [0.1, 0.15) is 0 Å². The highest BCUT2D eigenvalue weighted by Gasteiger charge is 2.19. The van der Waals surface area contributed by atoms with Gasteiger partial charge in [0.25, 0.3) is 0 Å². The smallest absolute Gasteiger partial charge is 0.125 e. The van der Waals surface area contributed by atoms with Crippen molar-refractivity contribution in [2.75, 3.05) is 0 Å². The van der Waals surface area contributed by atoms with Crippen LogP contribution in [-0.4, -0.2) is 19.5 Å². The third-order valence-electron chi connectivity index (χ3n) is 7.39. The third-order valence-corrected chi connectivity index (χ3v) is 8.46. The number of para-hydroxylation sites is 2. The molecule has 0 saturated carbocycles. The molecule has 0 aliphatic rings. The number of fused-ring (bicyclic) bond motifs is 4. The fourth-order valence-corrected chi connectivity index (χ4v) is 6.56. The van der Waals surface area contributed by atoms with Gasteiger partial charge in [0.15, 0.2) is 0 Å². The molecule has 0 amide bonds. The summed E-state index contributed by atoms with van der Waals surface area (Å²) in [6, 6.07) is 40.4. The molecule has 0 aliphatic carbocycles. The Morgan fingerprint density at radius 1 is 0.575 bits per heavy atom. The van der Waals surface area contributed by atoms with E-state index in [4.69, 9.17) is 4.98 Å². The number of hydrogen-bond acceptors (Lipinski definition) is 4. The van der Waals surface area contributed by atoms with E-state index in [1.54, 1.807) is 11.3 Å². The van der Waals surface area contributed by atoms with Crippen LogP contribution in [0.4, 0.5) is 0 Å². The molecule has 4 aromatic heterocycles. The average Bonchev–Trinajstić information content (AvgIpc) is 3.60. The van der Waals surface area contributed by atoms with E-state index in [2.05, 4.69) is 112 Å². The number of nitrogens with zero attached hydrogens (tertiary/aromatic N) is 4. The molecular formula is C35H22N4S. The van der Waals surface area contributed by atoms with Gasteiger partial charge in [0.2, 0.25) is 0 Å². The van der Waals surface area contributed by atoms with Crippen molar-refractivity contribution in [3.05, 3.63) is 134 Å². The summed E-state index contributed by atoms with van der Waals surface area (Å²) < 4.78 is 3.55. The molecule has 0 radical (unpaired) electrons. The Morgan fingerprint density at radius 3 is 2.30 bits per heavy atom. The Kier molecular flexibility index (Phi) is 5.28. The molecule has 0 spiro atoms. The molecule has 0 N–H and O–H groups in total. The maximum Gasteiger partial charge on any atom is 0.125 e. The molecule has 0 saturated heterocycles. The Balaban J connectivity index is 1.45. The van der Waals surface area contributed by atoms with Crippen molar-refractivity contribution in [1.29, 1.82) is 0 Å². The molecule has 0 bridgehead atoms. The molecule has 188 valence electrons. The van der Waals surface area contributed by atoms with Crippen molar-refractivity contribution >= 4 is 43.4 Å². The highest BCUT2D eigenvalue weighted by molar-refractivity contribution is 7.21. The lowest BCUT2D eigenvalue weighted by molar-refractivity contribution is 1.18. The van der Waals surface area contributed by atoms with Gasteiger partial charge in [-0.05, 0) is 77.9 Å². The van der Waals surface area contributed by atoms with Gasteiger partial charge in [-0.25, -0.2) is 4.98 Å². The zero-order valence-electron chi connectivity index (χ0n) is 21.4. The molecule has 4 nitrogen and oxygen atoms in total. The summed E-state index contributed by atoms with van der Waals surface area (Å²) in [7, 11) is 0. The largest absolute Gasteiger partial charge is 0.309 e. The fraction of sp³-hybridized carbons (Fsp3) is 0. The maximum absolute atomic E-state index is 5.07. The lowest BCUT2D eigenvalue weighted by Gasteiger charge is -2.12. The van der Waals surface area contributed by atoms with Crippen LogP contribution in [0.5, 0.6) is 0 Å². The summed E-state index contributed by atoms with van der Waals surface area (Å²) in [5.74, 6) is 0. The van der Waals surface area contributed by atoms with E-state index in [0.29, 0.717) is 0 Å². The first kappa shape index (κ1) is 22.8. The predicted molar refractivity (Wildman–Crippen MR) is 166 cm³/mol. The maximum atomic E-state index is 5.07. The average molecular weight is 531 g/mol. The van der Waals surface area contributed by atoms with Crippen LogP contribution < -0.4 is 0 Å². The number of rotatable bonds is 4. The fourth-order valence-electron chi connectivity index (χ4n) is 5.57. The van der Waals surface area contributed by atoms with Gasteiger partial charge in [0.05, 0.1) is 26.9 Å². The molecule has 40 heavy (non-hydrogen) atoms. The highest BCUT2D eigenvalue weighted by atomic mass is 32.1. The van der Waals surface area contributed by atoms with Crippen LogP contribution in [0.3, 0.4) is 0 Å². The van der Waals surface area contributed by atoms with E-state index >= 15 is 0 Å². The first-order valence-electron chi connectivity index (χ1n) is 13.2. The zero-order chi connectivity index (χ0) is 26.5.